The molecule has 3 aromatic rings. The molecule has 0 saturated heterocycles. The van der Waals surface area contributed by atoms with Crippen molar-refractivity contribution in [3.63, 3.8) is 0 Å². The second-order valence-corrected chi connectivity index (χ2v) is 8.36. The smallest absolute Gasteiger partial charge is 0.463 e. The first kappa shape index (κ1) is 21.8. The van der Waals surface area contributed by atoms with Gasteiger partial charge >= 0.3 is 6.36 Å². The molecule has 0 fully saturated rings. The van der Waals surface area contributed by atoms with E-state index in [0.29, 0.717) is 16.6 Å². The molecule has 2 N–H and O–H groups in total. The average Bonchev–Trinajstić information content (AvgIpc) is 3.32. The fourth-order valence-electron chi connectivity index (χ4n) is 2.25. The predicted octanol–water partition coefficient (Wildman–Crippen LogP) is 3.61. The van der Waals surface area contributed by atoms with Gasteiger partial charge in [0.2, 0.25) is 15.9 Å². The van der Waals surface area contributed by atoms with E-state index in [0.717, 1.165) is 24.3 Å². The van der Waals surface area contributed by atoms with E-state index < -0.39 is 28.0 Å². The number of rotatable bonds is 8. The van der Waals surface area contributed by atoms with Gasteiger partial charge < -0.3 is 14.5 Å². The first-order chi connectivity index (χ1) is 14.1. The molecule has 2 heterocycles. The number of halogens is 3. The highest BCUT2D eigenvalue weighted by Crippen LogP contribution is 2.25. The van der Waals surface area contributed by atoms with Crippen molar-refractivity contribution in [2.24, 2.45) is 0 Å². The average molecular weight is 461 g/mol. The van der Waals surface area contributed by atoms with Crippen LogP contribution in [0.15, 0.2) is 57.4 Å². The van der Waals surface area contributed by atoms with Gasteiger partial charge in [-0.05, 0) is 36.4 Å². The lowest BCUT2D eigenvalue weighted by atomic mass is 10.3. The van der Waals surface area contributed by atoms with Crippen LogP contribution >= 0.6 is 11.3 Å². The van der Waals surface area contributed by atoms with E-state index in [4.69, 9.17) is 4.42 Å². The van der Waals surface area contributed by atoms with E-state index in [1.807, 2.05) is 0 Å². The Bertz CT molecular complexity index is 1090. The third-order valence-corrected chi connectivity index (χ3v) is 5.77. The number of carbonyl (C=O) groups is 1. The van der Waals surface area contributed by atoms with Gasteiger partial charge in [0.1, 0.15) is 11.4 Å². The number of hydrogen-bond donors (Lipinski definition) is 2. The maximum absolute atomic E-state index is 12.2. The standard InChI is InChI=1S/C17H14F3N3O5S2/c18-17(19,20)28-11-3-5-12(6-4-11)30(25,26)21-8-7-15(24)23-16-22-13(10-29-16)14-2-1-9-27-14/h1-6,9-10,21H,7-8H2,(H,22,23,24). The number of anilines is 1. The minimum atomic E-state index is -4.87. The largest absolute Gasteiger partial charge is 0.573 e. The molecular weight excluding hydrogens is 447 g/mol. The van der Waals surface area contributed by atoms with Crippen molar-refractivity contribution in [2.45, 2.75) is 17.7 Å². The lowest BCUT2D eigenvalue weighted by Gasteiger charge is -2.10. The highest BCUT2D eigenvalue weighted by Gasteiger charge is 2.31. The molecule has 2 aromatic heterocycles. The summed E-state index contributed by atoms with van der Waals surface area (Å²) < 4.78 is 71.9. The van der Waals surface area contributed by atoms with E-state index in [1.165, 1.54) is 17.6 Å². The van der Waals surface area contributed by atoms with Crippen LogP contribution in [-0.4, -0.2) is 32.2 Å². The summed E-state index contributed by atoms with van der Waals surface area (Å²) in [5, 5.41) is 4.57. The number of hydrogen-bond acceptors (Lipinski definition) is 7. The third kappa shape index (κ3) is 6.05. The van der Waals surface area contributed by atoms with E-state index in [2.05, 4.69) is 19.8 Å². The number of benzene rings is 1. The van der Waals surface area contributed by atoms with Gasteiger partial charge in [-0.2, -0.15) is 0 Å². The van der Waals surface area contributed by atoms with Crippen LogP contribution in [0, 0.1) is 0 Å². The number of furan rings is 1. The zero-order chi connectivity index (χ0) is 21.8. The number of nitrogens with zero attached hydrogens (tertiary/aromatic N) is 1. The van der Waals surface area contributed by atoms with Gasteiger partial charge in [-0.3, -0.25) is 4.79 Å². The van der Waals surface area contributed by atoms with Gasteiger partial charge in [-0.15, -0.1) is 24.5 Å². The molecule has 0 aliphatic rings. The summed E-state index contributed by atoms with van der Waals surface area (Å²) in [6, 6.07) is 7.12. The topological polar surface area (TPSA) is 111 Å². The summed E-state index contributed by atoms with van der Waals surface area (Å²) in [7, 11) is -4.01. The Morgan fingerprint density at radius 2 is 1.93 bits per heavy atom. The first-order valence-electron chi connectivity index (χ1n) is 8.27. The second-order valence-electron chi connectivity index (χ2n) is 5.73. The number of aromatic nitrogens is 1. The van der Waals surface area contributed by atoms with Crippen LogP contribution in [0.25, 0.3) is 11.5 Å². The molecule has 0 radical (unpaired) electrons. The molecule has 30 heavy (non-hydrogen) atoms. The first-order valence-corrected chi connectivity index (χ1v) is 10.6. The van der Waals surface area contributed by atoms with Gasteiger partial charge in [-0.25, -0.2) is 18.1 Å². The molecule has 0 bridgehead atoms. The molecule has 1 amide bonds. The second kappa shape index (κ2) is 8.85. The van der Waals surface area contributed by atoms with Crippen molar-refractivity contribution < 1.29 is 35.5 Å². The van der Waals surface area contributed by atoms with Crippen LogP contribution in [0.5, 0.6) is 5.75 Å². The number of alkyl halides is 3. The zero-order valence-electron chi connectivity index (χ0n) is 15.0. The highest BCUT2D eigenvalue weighted by molar-refractivity contribution is 7.89. The molecule has 0 unspecified atom stereocenters. The van der Waals surface area contributed by atoms with Crippen LogP contribution in [0.4, 0.5) is 18.3 Å². The van der Waals surface area contributed by atoms with E-state index in [1.54, 1.807) is 17.5 Å². The number of nitrogens with one attached hydrogen (secondary N) is 2. The highest BCUT2D eigenvalue weighted by atomic mass is 32.2. The van der Waals surface area contributed by atoms with Crippen LogP contribution in [0.3, 0.4) is 0 Å². The van der Waals surface area contributed by atoms with Crippen molar-refractivity contribution in [2.75, 3.05) is 11.9 Å². The lowest BCUT2D eigenvalue weighted by Crippen LogP contribution is -2.27. The summed E-state index contributed by atoms with van der Waals surface area (Å²) in [5.41, 5.74) is 0.555. The van der Waals surface area contributed by atoms with Crippen molar-refractivity contribution in [1.29, 1.82) is 0 Å². The van der Waals surface area contributed by atoms with Crippen molar-refractivity contribution >= 4 is 32.4 Å². The number of amides is 1. The Hall–Kier alpha value is -2.90. The number of carbonyl (C=O) groups excluding carboxylic acids is 1. The molecule has 8 nitrogen and oxygen atoms in total. The fraction of sp³-hybridized carbons (Fsp3) is 0.176. The van der Waals surface area contributed by atoms with Crippen molar-refractivity contribution in [3.8, 4) is 17.2 Å². The third-order valence-electron chi connectivity index (χ3n) is 3.54. The molecule has 0 atom stereocenters. The molecule has 13 heteroatoms. The van der Waals surface area contributed by atoms with E-state index in [9.17, 15) is 26.4 Å². The summed E-state index contributed by atoms with van der Waals surface area (Å²) in [5.74, 6) is -0.462. The van der Waals surface area contributed by atoms with Gasteiger partial charge in [0.05, 0.1) is 11.2 Å². The lowest BCUT2D eigenvalue weighted by molar-refractivity contribution is -0.274. The molecule has 160 valence electrons. The monoisotopic (exact) mass is 461 g/mol. The van der Waals surface area contributed by atoms with Crippen LogP contribution in [0.2, 0.25) is 0 Å². The van der Waals surface area contributed by atoms with E-state index >= 15 is 0 Å². The van der Waals surface area contributed by atoms with Crippen molar-refractivity contribution in [1.82, 2.24) is 9.71 Å². The van der Waals surface area contributed by atoms with Crippen LogP contribution < -0.4 is 14.8 Å². The molecule has 0 saturated carbocycles. The van der Waals surface area contributed by atoms with Gasteiger partial charge in [0.25, 0.3) is 0 Å². The maximum Gasteiger partial charge on any atom is 0.573 e. The molecule has 3 rings (SSSR count). The van der Waals surface area contributed by atoms with Crippen LogP contribution in [-0.2, 0) is 14.8 Å². The molecule has 0 aliphatic carbocycles. The SMILES string of the molecule is O=C(CCNS(=O)(=O)c1ccc(OC(F)(F)F)cc1)Nc1nc(-c2ccco2)cs1. The zero-order valence-corrected chi connectivity index (χ0v) is 16.6. The summed E-state index contributed by atoms with van der Waals surface area (Å²) in [6.45, 7) is -0.217. The predicted molar refractivity (Wildman–Crippen MR) is 101 cm³/mol. The fourth-order valence-corrected chi connectivity index (χ4v) is 4.00. The number of sulfonamides is 1. The van der Waals surface area contributed by atoms with Gasteiger partial charge in [0, 0.05) is 18.3 Å². The molecule has 0 spiro atoms. The van der Waals surface area contributed by atoms with Gasteiger partial charge in [-0.1, -0.05) is 0 Å². The number of thiazole rings is 1. The molecule has 0 aliphatic heterocycles. The summed E-state index contributed by atoms with van der Waals surface area (Å²) >= 11 is 1.18. The van der Waals surface area contributed by atoms with Crippen LogP contribution in [0.1, 0.15) is 6.42 Å². The Morgan fingerprint density at radius 1 is 1.20 bits per heavy atom. The quantitative estimate of drug-likeness (QED) is 0.530. The summed E-state index contributed by atoms with van der Waals surface area (Å²) in [4.78, 5) is 15.9. The normalized spacial score (nSPS) is 12.0. The Kier molecular flexibility index (Phi) is 6.43. The Labute approximate surface area is 172 Å². The van der Waals surface area contributed by atoms with Gasteiger partial charge in [0.15, 0.2) is 10.9 Å². The van der Waals surface area contributed by atoms with E-state index in [-0.39, 0.29) is 17.9 Å². The molecular formula is C17H14F3N3O5S2. The Morgan fingerprint density at radius 3 is 2.57 bits per heavy atom. The summed E-state index contributed by atoms with van der Waals surface area (Å²) in [6.07, 6.45) is -3.55. The number of ether oxygens (including phenoxy) is 1. The van der Waals surface area contributed by atoms with Crippen molar-refractivity contribution in [3.05, 3.63) is 48.0 Å². The minimum absolute atomic E-state index is 0.176. The Balaban J connectivity index is 1.49. The maximum atomic E-state index is 12.2. The minimum Gasteiger partial charge on any atom is -0.463 e. The molecule has 1 aromatic carbocycles.